The molecule has 3 heterocycles. The molecule has 4 aromatic rings. The van der Waals surface area contributed by atoms with Gasteiger partial charge in [0.25, 0.3) is 5.89 Å². The molecule has 1 aliphatic rings. The summed E-state index contributed by atoms with van der Waals surface area (Å²) in [6, 6.07) is 11.6. The highest BCUT2D eigenvalue weighted by molar-refractivity contribution is 5.57. The van der Waals surface area contributed by atoms with Crippen molar-refractivity contribution in [3.63, 3.8) is 0 Å². The Morgan fingerprint density at radius 3 is 2.59 bits per heavy atom. The Hall–Kier alpha value is -4.02. The molecule has 0 N–H and O–H groups in total. The lowest BCUT2D eigenvalue weighted by Crippen LogP contribution is -2.18. The number of ether oxygens (including phenoxy) is 3. The van der Waals surface area contributed by atoms with Crippen molar-refractivity contribution in [1.29, 1.82) is 0 Å². The van der Waals surface area contributed by atoms with E-state index >= 15 is 0 Å². The van der Waals surface area contributed by atoms with E-state index < -0.39 is 6.11 Å². The van der Waals surface area contributed by atoms with Gasteiger partial charge >= 0.3 is 6.11 Å². The molecule has 0 amide bonds. The van der Waals surface area contributed by atoms with Crippen LogP contribution in [0.1, 0.15) is 18.3 Å². The first-order valence-electron chi connectivity index (χ1n) is 9.65. The second-order valence-electron chi connectivity index (χ2n) is 7.19. The summed E-state index contributed by atoms with van der Waals surface area (Å²) < 4.78 is 48.2. The predicted octanol–water partition coefficient (Wildman–Crippen LogP) is 4.07. The molecule has 0 fully saturated rings. The number of halogens is 2. The maximum absolute atomic E-state index is 13.0. The lowest BCUT2D eigenvalue weighted by molar-refractivity contribution is -0.158. The first kappa shape index (κ1) is 19.9. The van der Waals surface area contributed by atoms with Gasteiger partial charge in [-0.25, -0.2) is 9.67 Å². The second-order valence-corrected chi connectivity index (χ2v) is 7.19. The summed E-state index contributed by atoms with van der Waals surface area (Å²) in [5.41, 5.74) is 1.54. The molecule has 164 valence electrons. The Morgan fingerprint density at radius 2 is 1.81 bits per heavy atom. The summed E-state index contributed by atoms with van der Waals surface area (Å²) in [7, 11) is 0. The van der Waals surface area contributed by atoms with Gasteiger partial charge in [0, 0.05) is 12.5 Å². The molecule has 9 nitrogen and oxygen atoms in total. The van der Waals surface area contributed by atoms with Gasteiger partial charge in [0.1, 0.15) is 11.6 Å². The molecule has 0 saturated carbocycles. The van der Waals surface area contributed by atoms with Gasteiger partial charge in [-0.05, 0) is 48.9 Å². The van der Waals surface area contributed by atoms with Gasteiger partial charge in [0.15, 0.2) is 11.5 Å². The number of aryl methyl sites for hydroxylation is 1. The van der Waals surface area contributed by atoms with Gasteiger partial charge in [-0.1, -0.05) is 11.2 Å². The Bertz CT molecular complexity index is 1260. The monoisotopic (exact) mass is 441 g/mol. The lowest BCUT2D eigenvalue weighted by atomic mass is 10.2. The van der Waals surface area contributed by atoms with E-state index in [1.807, 2.05) is 25.1 Å². The Kier molecular flexibility index (Phi) is 4.72. The number of hydrogen-bond acceptors (Lipinski definition) is 8. The molecule has 0 unspecified atom stereocenters. The third-order valence-electron chi connectivity index (χ3n) is 4.65. The van der Waals surface area contributed by atoms with Crippen LogP contribution in [0, 0.1) is 6.92 Å². The van der Waals surface area contributed by atoms with Gasteiger partial charge < -0.3 is 18.7 Å². The van der Waals surface area contributed by atoms with E-state index in [0.29, 0.717) is 36.4 Å². The molecule has 2 aromatic carbocycles. The van der Waals surface area contributed by atoms with E-state index in [9.17, 15) is 8.78 Å². The van der Waals surface area contributed by atoms with Crippen LogP contribution in [0.3, 0.4) is 0 Å². The minimum Gasteiger partial charge on any atom is -0.454 e. The topological polar surface area (TPSA) is 97.3 Å². The molecule has 0 spiro atoms. The first-order valence-corrected chi connectivity index (χ1v) is 9.65. The highest BCUT2D eigenvalue weighted by Crippen LogP contribution is 2.33. The van der Waals surface area contributed by atoms with Crippen LogP contribution in [-0.4, -0.2) is 37.8 Å². The number of hydrogen-bond donors (Lipinski definition) is 0. The molecule has 5 rings (SSSR count). The molecule has 0 saturated heterocycles. The average molecular weight is 441 g/mol. The lowest BCUT2D eigenvalue weighted by Gasteiger charge is -2.12. The van der Waals surface area contributed by atoms with Gasteiger partial charge in [-0.3, -0.25) is 0 Å². The van der Waals surface area contributed by atoms with Crippen molar-refractivity contribution >= 4 is 0 Å². The molecule has 0 atom stereocenters. The molecule has 0 aliphatic carbocycles. The van der Waals surface area contributed by atoms with Crippen molar-refractivity contribution in [2.75, 3.05) is 6.79 Å². The maximum Gasteiger partial charge on any atom is 0.394 e. The van der Waals surface area contributed by atoms with Crippen molar-refractivity contribution in [2.24, 2.45) is 0 Å². The number of aromatic nitrogens is 5. The van der Waals surface area contributed by atoms with E-state index in [2.05, 4.69) is 25.0 Å². The average Bonchev–Trinajstić information content (AvgIpc) is 3.47. The number of rotatable bonds is 6. The second kappa shape index (κ2) is 7.59. The van der Waals surface area contributed by atoms with E-state index in [1.54, 1.807) is 16.8 Å². The molecular formula is C21H17F2N5O4. The molecular weight excluding hydrogens is 424 g/mol. The normalized spacial score (nSPS) is 12.9. The Morgan fingerprint density at radius 1 is 1.03 bits per heavy atom. The highest BCUT2D eigenvalue weighted by Gasteiger charge is 2.23. The number of fused-ring (bicyclic) bond motifs is 1. The van der Waals surface area contributed by atoms with Crippen LogP contribution < -0.4 is 14.2 Å². The van der Waals surface area contributed by atoms with Gasteiger partial charge in [-0.2, -0.15) is 13.8 Å². The fourth-order valence-electron chi connectivity index (χ4n) is 3.18. The van der Waals surface area contributed by atoms with Crippen molar-refractivity contribution < 1.29 is 27.5 Å². The largest absolute Gasteiger partial charge is 0.454 e. The minimum atomic E-state index is -3.26. The quantitative estimate of drug-likeness (QED) is 0.442. The molecule has 32 heavy (non-hydrogen) atoms. The molecule has 0 bridgehead atoms. The number of nitrogens with zero attached hydrogens (tertiary/aromatic N) is 5. The van der Waals surface area contributed by atoms with Crippen molar-refractivity contribution in [3.05, 3.63) is 53.9 Å². The third-order valence-corrected chi connectivity index (χ3v) is 4.65. The van der Waals surface area contributed by atoms with Crippen LogP contribution in [0.25, 0.3) is 23.1 Å². The van der Waals surface area contributed by atoms with Crippen LogP contribution in [0.15, 0.2) is 47.0 Å². The highest BCUT2D eigenvalue weighted by atomic mass is 19.3. The summed E-state index contributed by atoms with van der Waals surface area (Å²) in [6.45, 7) is 3.18. The van der Waals surface area contributed by atoms with Crippen LogP contribution >= 0.6 is 0 Å². The van der Waals surface area contributed by atoms with E-state index in [1.165, 1.54) is 12.1 Å². The van der Waals surface area contributed by atoms with Gasteiger partial charge in [-0.15, -0.1) is 5.10 Å². The Balaban J connectivity index is 1.33. The summed E-state index contributed by atoms with van der Waals surface area (Å²) in [5, 5.41) is 8.40. The van der Waals surface area contributed by atoms with Gasteiger partial charge in [0.2, 0.25) is 18.4 Å². The zero-order chi connectivity index (χ0) is 22.3. The summed E-state index contributed by atoms with van der Waals surface area (Å²) in [6.07, 6.45) is -3.26. The molecule has 1 aliphatic heterocycles. The maximum atomic E-state index is 13.0. The van der Waals surface area contributed by atoms with E-state index in [-0.39, 0.29) is 30.1 Å². The summed E-state index contributed by atoms with van der Waals surface area (Å²) >= 11 is 0. The minimum absolute atomic E-state index is 0.0320. The smallest absolute Gasteiger partial charge is 0.394 e. The Labute approximate surface area is 180 Å². The standard InChI is InChI=1S/C21H17F2N5O4/c1-12-24-19(26-28(12)10-13-3-8-16-17(9-13)30-11-29-16)20-25-18(27-32-20)14-4-6-15(7-5-14)31-21(2,22)23/h3-9H,10-11H2,1-2H3. The van der Waals surface area contributed by atoms with Crippen LogP contribution in [0.2, 0.25) is 0 Å². The molecule has 2 aromatic heterocycles. The van der Waals surface area contributed by atoms with E-state index in [0.717, 1.165) is 5.56 Å². The molecule has 11 heteroatoms. The van der Waals surface area contributed by atoms with Gasteiger partial charge in [0.05, 0.1) is 6.54 Å². The summed E-state index contributed by atoms with van der Waals surface area (Å²) in [4.78, 5) is 8.73. The van der Waals surface area contributed by atoms with Crippen LogP contribution in [0.4, 0.5) is 8.78 Å². The van der Waals surface area contributed by atoms with Crippen molar-refractivity contribution in [1.82, 2.24) is 24.9 Å². The SMILES string of the molecule is Cc1nc(-c2nc(-c3ccc(OC(C)(F)F)cc3)no2)nn1Cc1ccc2c(c1)OCO2. The number of benzene rings is 2. The van der Waals surface area contributed by atoms with Crippen LogP contribution in [-0.2, 0) is 6.54 Å². The van der Waals surface area contributed by atoms with E-state index in [4.69, 9.17) is 14.0 Å². The van der Waals surface area contributed by atoms with Crippen LogP contribution in [0.5, 0.6) is 17.2 Å². The molecule has 0 radical (unpaired) electrons. The summed E-state index contributed by atoms with van der Waals surface area (Å²) in [5.74, 6) is 2.82. The fourth-order valence-corrected chi connectivity index (χ4v) is 3.18. The zero-order valence-electron chi connectivity index (χ0n) is 17.1. The zero-order valence-corrected chi connectivity index (χ0v) is 17.1. The predicted molar refractivity (Wildman–Crippen MR) is 106 cm³/mol. The third kappa shape index (κ3) is 4.09. The van der Waals surface area contributed by atoms with Crippen molar-refractivity contribution in [3.8, 4) is 40.4 Å². The fraction of sp³-hybridized carbons (Fsp3) is 0.238. The van der Waals surface area contributed by atoms with Crippen molar-refractivity contribution in [2.45, 2.75) is 26.5 Å². The first-order chi connectivity index (χ1) is 15.3. The number of alkyl halides is 2.